The molecule has 0 aliphatic rings. The Labute approximate surface area is 153 Å². The van der Waals surface area contributed by atoms with Crippen LogP contribution in [0.25, 0.3) is 10.8 Å². The van der Waals surface area contributed by atoms with Gasteiger partial charge in [0.25, 0.3) is 0 Å². The first-order valence-corrected chi connectivity index (χ1v) is 8.67. The average molecular weight is 358 g/mol. The fourth-order valence-corrected chi connectivity index (χ4v) is 2.51. The number of nitrogens with one attached hydrogen (secondary N) is 3. The Bertz CT molecular complexity index is 764. The molecule has 2 rings (SSSR count). The Hall–Kier alpha value is -2.64. The summed E-state index contributed by atoms with van der Waals surface area (Å²) in [4.78, 5) is 23.8. The van der Waals surface area contributed by atoms with Gasteiger partial charge in [-0.05, 0) is 42.4 Å². The molecule has 0 aliphatic carbocycles. The van der Waals surface area contributed by atoms with Gasteiger partial charge >= 0.3 is 6.09 Å². The molecule has 0 unspecified atom stereocenters. The summed E-state index contributed by atoms with van der Waals surface area (Å²) in [6.45, 7) is 3.94. The molecule has 2 amide bonds. The molecule has 0 bridgehead atoms. The van der Waals surface area contributed by atoms with Crippen LogP contribution < -0.4 is 26.4 Å². The lowest BCUT2D eigenvalue weighted by atomic mass is 9.97. The van der Waals surface area contributed by atoms with Crippen molar-refractivity contribution in [1.82, 2.24) is 16.0 Å². The van der Waals surface area contributed by atoms with Crippen LogP contribution in [0.3, 0.4) is 0 Å². The van der Waals surface area contributed by atoms with Gasteiger partial charge in [-0.3, -0.25) is 4.79 Å². The largest absolute Gasteiger partial charge is 0.412 e. The molecule has 2 aromatic rings. The summed E-state index contributed by atoms with van der Waals surface area (Å²) in [7, 11) is 1.85. The monoisotopic (exact) mass is 358 g/mol. The fraction of sp³-hybridized carbons (Fsp3) is 0.368. The Kier molecular flexibility index (Phi) is 7.37. The van der Waals surface area contributed by atoms with E-state index in [1.54, 1.807) is 12.1 Å². The lowest BCUT2D eigenvalue weighted by molar-refractivity contribution is -0.122. The number of carbonyl (C=O) groups excluding carboxylic acids is 2. The maximum atomic E-state index is 12.2. The van der Waals surface area contributed by atoms with E-state index in [-0.39, 0.29) is 11.8 Å². The maximum Gasteiger partial charge on any atom is 0.412 e. The summed E-state index contributed by atoms with van der Waals surface area (Å²) < 4.78 is 5.22. The molecule has 0 saturated heterocycles. The van der Waals surface area contributed by atoms with E-state index in [0.717, 1.165) is 22.9 Å². The second-order valence-corrected chi connectivity index (χ2v) is 5.99. The first kappa shape index (κ1) is 19.7. The van der Waals surface area contributed by atoms with Gasteiger partial charge < -0.3 is 26.4 Å². The highest BCUT2D eigenvalue weighted by Gasteiger charge is 2.15. The molecule has 0 saturated carbocycles. The number of nitrogens with two attached hydrogens (primary N) is 1. The second kappa shape index (κ2) is 9.74. The number of ether oxygens (including phenoxy) is 1. The van der Waals surface area contributed by atoms with Crippen molar-refractivity contribution in [1.29, 1.82) is 0 Å². The van der Waals surface area contributed by atoms with Crippen molar-refractivity contribution in [2.75, 3.05) is 33.2 Å². The predicted molar refractivity (Wildman–Crippen MR) is 102 cm³/mol. The number of likely N-dealkylation sites (N-methyl/N-ethyl adjacent to an activating group) is 1. The standard InChI is InChI=1S/C19H26N4O3/c1-13(18(24)22-10-9-21-2)14-3-4-16-12-17(6-5-15(16)11-14)26-19(25)23-8-7-20/h3-6,11-13,21H,7-10,20H2,1-2H3,(H,22,24)(H,23,25)/t13-/m1/s1. The van der Waals surface area contributed by atoms with Gasteiger partial charge in [-0.25, -0.2) is 4.79 Å². The molecule has 0 aromatic heterocycles. The van der Waals surface area contributed by atoms with Crippen molar-refractivity contribution in [2.45, 2.75) is 12.8 Å². The lowest BCUT2D eigenvalue weighted by Crippen LogP contribution is -2.33. The van der Waals surface area contributed by atoms with Crippen LogP contribution in [0, 0.1) is 0 Å². The minimum Gasteiger partial charge on any atom is -0.410 e. The normalized spacial score (nSPS) is 11.8. The van der Waals surface area contributed by atoms with E-state index >= 15 is 0 Å². The topological polar surface area (TPSA) is 105 Å². The number of hydrogen-bond donors (Lipinski definition) is 4. The van der Waals surface area contributed by atoms with Crippen molar-refractivity contribution >= 4 is 22.8 Å². The van der Waals surface area contributed by atoms with Crippen molar-refractivity contribution in [2.24, 2.45) is 5.73 Å². The molecule has 0 heterocycles. The van der Waals surface area contributed by atoms with Gasteiger partial charge in [0.15, 0.2) is 0 Å². The molecule has 0 aliphatic heterocycles. The average Bonchev–Trinajstić information content (AvgIpc) is 2.65. The maximum absolute atomic E-state index is 12.2. The zero-order chi connectivity index (χ0) is 18.9. The van der Waals surface area contributed by atoms with E-state index in [1.165, 1.54) is 0 Å². The van der Waals surface area contributed by atoms with E-state index in [0.29, 0.717) is 25.4 Å². The molecular formula is C19H26N4O3. The highest BCUT2D eigenvalue weighted by Crippen LogP contribution is 2.25. The van der Waals surface area contributed by atoms with Crippen LogP contribution in [-0.4, -0.2) is 45.2 Å². The molecule has 7 nitrogen and oxygen atoms in total. The van der Waals surface area contributed by atoms with Gasteiger partial charge in [-0.2, -0.15) is 0 Å². The van der Waals surface area contributed by atoms with Gasteiger partial charge in [0.2, 0.25) is 5.91 Å². The molecule has 7 heteroatoms. The first-order chi connectivity index (χ1) is 12.5. The molecule has 0 spiro atoms. The Morgan fingerprint density at radius 2 is 1.77 bits per heavy atom. The Morgan fingerprint density at radius 3 is 2.50 bits per heavy atom. The molecule has 0 radical (unpaired) electrons. The number of carbonyl (C=O) groups is 2. The molecule has 1 atom stereocenters. The summed E-state index contributed by atoms with van der Waals surface area (Å²) in [6, 6.07) is 11.2. The van der Waals surface area contributed by atoms with Crippen LogP contribution in [-0.2, 0) is 4.79 Å². The third kappa shape index (κ3) is 5.44. The Morgan fingerprint density at radius 1 is 1.04 bits per heavy atom. The number of rotatable bonds is 8. The quantitative estimate of drug-likeness (QED) is 0.533. The smallest absolute Gasteiger partial charge is 0.410 e. The fourth-order valence-electron chi connectivity index (χ4n) is 2.51. The van der Waals surface area contributed by atoms with Crippen LogP contribution in [0.1, 0.15) is 18.4 Å². The van der Waals surface area contributed by atoms with E-state index in [4.69, 9.17) is 10.5 Å². The van der Waals surface area contributed by atoms with Gasteiger partial charge in [-0.15, -0.1) is 0 Å². The summed E-state index contributed by atoms with van der Waals surface area (Å²) in [5.74, 6) is 0.211. The molecule has 2 aromatic carbocycles. The van der Waals surface area contributed by atoms with E-state index in [1.807, 2.05) is 38.2 Å². The summed E-state index contributed by atoms with van der Waals surface area (Å²) in [5.41, 5.74) is 6.28. The number of fused-ring (bicyclic) bond motifs is 1. The minimum atomic E-state index is -0.529. The zero-order valence-electron chi connectivity index (χ0n) is 15.2. The van der Waals surface area contributed by atoms with E-state index in [9.17, 15) is 9.59 Å². The SMILES string of the molecule is CNCCNC(=O)[C@H](C)c1ccc2cc(OC(=O)NCCN)ccc2c1. The minimum absolute atomic E-state index is 0.00358. The molecular weight excluding hydrogens is 332 g/mol. The van der Waals surface area contributed by atoms with Crippen LogP contribution >= 0.6 is 0 Å². The third-order valence-electron chi connectivity index (χ3n) is 4.03. The lowest BCUT2D eigenvalue weighted by Gasteiger charge is -2.13. The molecule has 140 valence electrons. The van der Waals surface area contributed by atoms with Crippen LogP contribution in [0.4, 0.5) is 4.79 Å². The summed E-state index contributed by atoms with van der Waals surface area (Å²) >= 11 is 0. The molecule has 5 N–H and O–H groups in total. The number of benzene rings is 2. The van der Waals surface area contributed by atoms with Crippen molar-refractivity contribution in [3.63, 3.8) is 0 Å². The first-order valence-electron chi connectivity index (χ1n) is 8.67. The van der Waals surface area contributed by atoms with E-state index < -0.39 is 6.09 Å². The third-order valence-corrected chi connectivity index (χ3v) is 4.03. The van der Waals surface area contributed by atoms with Crippen molar-refractivity contribution in [3.8, 4) is 5.75 Å². The van der Waals surface area contributed by atoms with Gasteiger partial charge in [0.1, 0.15) is 5.75 Å². The van der Waals surface area contributed by atoms with Gasteiger partial charge in [0, 0.05) is 26.2 Å². The van der Waals surface area contributed by atoms with Crippen LogP contribution in [0.5, 0.6) is 5.75 Å². The molecule has 26 heavy (non-hydrogen) atoms. The van der Waals surface area contributed by atoms with Gasteiger partial charge in [0.05, 0.1) is 5.92 Å². The number of amides is 2. The zero-order valence-corrected chi connectivity index (χ0v) is 15.2. The highest BCUT2D eigenvalue weighted by atomic mass is 16.6. The highest BCUT2D eigenvalue weighted by molar-refractivity contribution is 5.88. The second-order valence-electron chi connectivity index (χ2n) is 5.99. The summed E-state index contributed by atoms with van der Waals surface area (Å²) in [5, 5.41) is 10.4. The predicted octanol–water partition coefficient (Wildman–Crippen LogP) is 1.33. The van der Waals surface area contributed by atoms with Crippen LogP contribution in [0.2, 0.25) is 0 Å². The van der Waals surface area contributed by atoms with Crippen molar-refractivity contribution in [3.05, 3.63) is 42.0 Å². The van der Waals surface area contributed by atoms with Crippen molar-refractivity contribution < 1.29 is 14.3 Å². The molecule has 0 fully saturated rings. The number of hydrogen-bond acceptors (Lipinski definition) is 5. The van der Waals surface area contributed by atoms with Crippen LogP contribution in [0.15, 0.2) is 36.4 Å². The Balaban J connectivity index is 2.08. The van der Waals surface area contributed by atoms with E-state index in [2.05, 4.69) is 16.0 Å². The van der Waals surface area contributed by atoms with Gasteiger partial charge in [-0.1, -0.05) is 24.3 Å². The summed E-state index contributed by atoms with van der Waals surface area (Å²) in [6.07, 6.45) is -0.529.